The first kappa shape index (κ1) is 17.2. The van der Waals surface area contributed by atoms with Crippen LogP contribution in [-0.4, -0.2) is 32.9 Å². The minimum Gasteiger partial charge on any atom is -0.388 e. The van der Waals surface area contributed by atoms with Gasteiger partial charge in [-0.3, -0.25) is 4.79 Å². The maximum atomic E-state index is 12.5. The number of benzene rings is 1. The van der Waals surface area contributed by atoms with Crippen molar-refractivity contribution in [2.75, 3.05) is 6.54 Å². The molecule has 1 heterocycles. The molecule has 0 radical (unpaired) electrons. The molecule has 1 aromatic heterocycles. The number of carbonyl (C=O) groups is 1. The molecule has 2 aromatic rings. The molecule has 1 amide bonds. The minimum absolute atomic E-state index is 0.207. The first-order valence-corrected chi connectivity index (χ1v) is 7.99. The monoisotopic (exact) mass is 315 g/mol. The van der Waals surface area contributed by atoms with Gasteiger partial charge in [-0.25, -0.2) is 4.68 Å². The van der Waals surface area contributed by atoms with Gasteiger partial charge < -0.3 is 10.4 Å². The van der Waals surface area contributed by atoms with Crippen LogP contribution in [0.5, 0.6) is 0 Å². The lowest BCUT2D eigenvalue weighted by atomic mass is 9.95. The van der Waals surface area contributed by atoms with Crippen molar-refractivity contribution in [3.63, 3.8) is 0 Å². The van der Waals surface area contributed by atoms with Crippen molar-refractivity contribution < 1.29 is 9.90 Å². The molecule has 2 rings (SSSR count). The molecule has 0 aliphatic carbocycles. The van der Waals surface area contributed by atoms with Crippen LogP contribution in [0.4, 0.5) is 0 Å². The number of amides is 1. The molecule has 23 heavy (non-hydrogen) atoms. The highest BCUT2D eigenvalue weighted by molar-refractivity contribution is 5.97. The van der Waals surface area contributed by atoms with E-state index in [1.165, 1.54) is 0 Å². The Morgan fingerprint density at radius 3 is 2.74 bits per heavy atom. The van der Waals surface area contributed by atoms with Crippen LogP contribution in [-0.2, 0) is 0 Å². The van der Waals surface area contributed by atoms with Gasteiger partial charge in [-0.2, -0.15) is 5.10 Å². The Kier molecular flexibility index (Phi) is 5.55. The molecular weight excluding hydrogens is 290 g/mol. The fraction of sp³-hybridized carbons (Fsp3) is 0.444. The van der Waals surface area contributed by atoms with E-state index in [-0.39, 0.29) is 12.5 Å². The van der Waals surface area contributed by atoms with Gasteiger partial charge in [0.2, 0.25) is 0 Å². The summed E-state index contributed by atoms with van der Waals surface area (Å²) in [7, 11) is 0. The topological polar surface area (TPSA) is 67.2 Å². The van der Waals surface area contributed by atoms with Crippen LogP contribution in [0.25, 0.3) is 5.69 Å². The summed E-state index contributed by atoms with van der Waals surface area (Å²) >= 11 is 0. The van der Waals surface area contributed by atoms with Crippen molar-refractivity contribution in [3.05, 3.63) is 48.3 Å². The Morgan fingerprint density at radius 1 is 1.35 bits per heavy atom. The zero-order valence-electron chi connectivity index (χ0n) is 14.0. The van der Waals surface area contributed by atoms with Gasteiger partial charge in [-0.05, 0) is 43.9 Å². The summed E-state index contributed by atoms with van der Waals surface area (Å²) in [6.07, 6.45) is 5.05. The molecule has 5 nitrogen and oxygen atoms in total. The SMILES string of the molecule is CC(C)CCC(C)(O)CNC(=O)c1ccccc1-n1cccn1. The first-order valence-electron chi connectivity index (χ1n) is 7.99. The van der Waals surface area contributed by atoms with E-state index >= 15 is 0 Å². The Morgan fingerprint density at radius 2 is 2.09 bits per heavy atom. The van der Waals surface area contributed by atoms with E-state index in [1.54, 1.807) is 30.1 Å². The van der Waals surface area contributed by atoms with Gasteiger partial charge in [0.05, 0.1) is 16.9 Å². The Hall–Kier alpha value is -2.14. The lowest BCUT2D eigenvalue weighted by molar-refractivity contribution is 0.0429. The van der Waals surface area contributed by atoms with Gasteiger partial charge in [0.15, 0.2) is 0 Å². The van der Waals surface area contributed by atoms with Crippen LogP contribution in [0, 0.1) is 5.92 Å². The molecule has 1 atom stereocenters. The maximum absolute atomic E-state index is 12.5. The van der Waals surface area contributed by atoms with Crippen LogP contribution in [0.15, 0.2) is 42.7 Å². The van der Waals surface area contributed by atoms with Crippen molar-refractivity contribution in [1.82, 2.24) is 15.1 Å². The molecule has 5 heteroatoms. The average Bonchev–Trinajstić information content (AvgIpc) is 3.05. The van der Waals surface area contributed by atoms with Crippen LogP contribution in [0.2, 0.25) is 0 Å². The lowest BCUT2D eigenvalue weighted by Gasteiger charge is -2.24. The number of para-hydroxylation sites is 1. The summed E-state index contributed by atoms with van der Waals surface area (Å²) in [5, 5.41) is 17.4. The second-order valence-corrected chi connectivity index (χ2v) is 6.58. The standard InChI is InChI=1S/C18H25N3O2/c1-14(2)9-10-18(3,23)13-19-17(22)15-7-4-5-8-16(15)21-12-6-11-20-21/h4-8,11-12,14,23H,9-10,13H2,1-3H3,(H,19,22). The first-order chi connectivity index (χ1) is 10.9. The molecule has 2 N–H and O–H groups in total. The number of hydrogen-bond acceptors (Lipinski definition) is 3. The van der Waals surface area contributed by atoms with Crippen molar-refractivity contribution >= 4 is 5.91 Å². The van der Waals surface area contributed by atoms with Crippen molar-refractivity contribution in [2.45, 2.75) is 39.2 Å². The highest BCUT2D eigenvalue weighted by Crippen LogP contribution is 2.17. The molecule has 0 aliphatic rings. The number of nitrogens with zero attached hydrogens (tertiary/aromatic N) is 2. The van der Waals surface area contributed by atoms with E-state index < -0.39 is 5.60 Å². The van der Waals surface area contributed by atoms with Crippen LogP contribution in [0.1, 0.15) is 44.0 Å². The smallest absolute Gasteiger partial charge is 0.253 e. The highest BCUT2D eigenvalue weighted by Gasteiger charge is 2.22. The van der Waals surface area contributed by atoms with E-state index in [4.69, 9.17) is 0 Å². The summed E-state index contributed by atoms with van der Waals surface area (Å²) in [5.74, 6) is 0.318. The predicted octanol–water partition coefficient (Wildman–Crippen LogP) is 2.79. The Bertz CT molecular complexity index is 633. The van der Waals surface area contributed by atoms with E-state index in [0.29, 0.717) is 17.9 Å². The number of aromatic nitrogens is 2. The number of carbonyl (C=O) groups excluding carboxylic acids is 1. The summed E-state index contributed by atoms with van der Waals surface area (Å²) < 4.78 is 1.66. The van der Waals surface area contributed by atoms with Gasteiger partial charge in [0, 0.05) is 18.9 Å². The summed E-state index contributed by atoms with van der Waals surface area (Å²) in [4.78, 5) is 12.5. The molecule has 1 aromatic carbocycles. The number of aliphatic hydroxyl groups is 1. The molecule has 0 saturated carbocycles. The predicted molar refractivity (Wildman–Crippen MR) is 90.6 cm³/mol. The molecule has 0 aliphatic heterocycles. The third-order valence-electron chi connectivity index (χ3n) is 3.79. The number of rotatable bonds is 7. The normalized spacial score (nSPS) is 13.8. The van der Waals surface area contributed by atoms with E-state index in [2.05, 4.69) is 24.3 Å². The molecule has 124 valence electrons. The van der Waals surface area contributed by atoms with Crippen molar-refractivity contribution in [2.24, 2.45) is 5.92 Å². The molecule has 0 spiro atoms. The van der Waals surface area contributed by atoms with Gasteiger partial charge >= 0.3 is 0 Å². The average molecular weight is 315 g/mol. The zero-order chi connectivity index (χ0) is 16.9. The van der Waals surface area contributed by atoms with Crippen molar-refractivity contribution in [1.29, 1.82) is 0 Å². The van der Waals surface area contributed by atoms with Crippen molar-refractivity contribution in [3.8, 4) is 5.69 Å². The number of hydrogen-bond donors (Lipinski definition) is 2. The summed E-state index contributed by atoms with van der Waals surface area (Å²) in [5.41, 5.74) is 0.355. The molecular formula is C18H25N3O2. The molecule has 0 fully saturated rings. The zero-order valence-corrected chi connectivity index (χ0v) is 14.0. The third-order valence-corrected chi connectivity index (χ3v) is 3.79. The fourth-order valence-corrected chi connectivity index (χ4v) is 2.33. The van der Waals surface area contributed by atoms with Crippen LogP contribution >= 0.6 is 0 Å². The van der Waals surface area contributed by atoms with E-state index in [1.807, 2.05) is 24.3 Å². The van der Waals surface area contributed by atoms with Gasteiger partial charge in [-0.1, -0.05) is 26.0 Å². The van der Waals surface area contributed by atoms with Gasteiger partial charge in [-0.15, -0.1) is 0 Å². The fourth-order valence-electron chi connectivity index (χ4n) is 2.33. The Balaban J connectivity index is 2.04. The largest absolute Gasteiger partial charge is 0.388 e. The highest BCUT2D eigenvalue weighted by atomic mass is 16.3. The second kappa shape index (κ2) is 7.42. The number of nitrogens with one attached hydrogen (secondary N) is 1. The minimum atomic E-state index is -0.902. The molecule has 0 bridgehead atoms. The van der Waals surface area contributed by atoms with E-state index in [0.717, 1.165) is 12.1 Å². The third kappa shape index (κ3) is 4.93. The van der Waals surface area contributed by atoms with Gasteiger partial charge in [0.25, 0.3) is 5.91 Å². The summed E-state index contributed by atoms with van der Waals surface area (Å²) in [6, 6.07) is 9.10. The quantitative estimate of drug-likeness (QED) is 0.825. The maximum Gasteiger partial charge on any atom is 0.253 e. The van der Waals surface area contributed by atoms with E-state index in [9.17, 15) is 9.90 Å². The van der Waals surface area contributed by atoms with Crippen LogP contribution in [0.3, 0.4) is 0 Å². The second-order valence-electron chi connectivity index (χ2n) is 6.58. The molecule has 0 saturated heterocycles. The summed E-state index contributed by atoms with van der Waals surface area (Å²) in [6.45, 7) is 6.23. The Labute approximate surface area is 137 Å². The van der Waals surface area contributed by atoms with Gasteiger partial charge in [0.1, 0.15) is 0 Å². The molecule has 1 unspecified atom stereocenters. The van der Waals surface area contributed by atoms with Crippen LogP contribution < -0.4 is 5.32 Å². The lowest BCUT2D eigenvalue weighted by Crippen LogP contribution is -2.41.